The van der Waals surface area contributed by atoms with Gasteiger partial charge in [-0.15, -0.1) is 0 Å². The zero-order valence-electron chi connectivity index (χ0n) is 10.1. The lowest BCUT2D eigenvalue weighted by molar-refractivity contribution is 0.0957. The van der Waals surface area contributed by atoms with E-state index in [0.29, 0.717) is 6.54 Å². The highest BCUT2D eigenvalue weighted by atomic mass is 19.1. The van der Waals surface area contributed by atoms with Gasteiger partial charge in [-0.3, -0.25) is 4.79 Å². The van der Waals surface area contributed by atoms with E-state index in [-0.39, 0.29) is 16.9 Å². The number of carbonyl (C=O) groups is 1. The second-order valence-electron chi connectivity index (χ2n) is 5.24. The van der Waals surface area contributed by atoms with Crippen LogP contribution in [0, 0.1) is 18.3 Å². The molecule has 0 saturated heterocycles. The minimum absolute atomic E-state index is 0.0855. The van der Waals surface area contributed by atoms with E-state index in [2.05, 4.69) is 19.2 Å². The number of halogens is 1. The summed E-state index contributed by atoms with van der Waals surface area (Å²) in [4.78, 5) is 11.6. The largest absolute Gasteiger partial charge is 0.355 e. The summed E-state index contributed by atoms with van der Waals surface area (Å²) in [6.07, 6.45) is 0.826. The Morgan fingerprint density at radius 1 is 1.50 bits per heavy atom. The van der Waals surface area contributed by atoms with Gasteiger partial charge in [-0.25, -0.2) is 0 Å². The third kappa shape index (κ3) is 1.44. The van der Waals surface area contributed by atoms with E-state index in [0.717, 1.165) is 17.7 Å². The van der Waals surface area contributed by atoms with Crippen molar-refractivity contribution < 1.29 is 9.18 Å². The van der Waals surface area contributed by atoms with Gasteiger partial charge in [-0.1, -0.05) is 13.8 Å². The topological polar surface area (TPSA) is 34.0 Å². The predicted octanol–water partition coefficient (Wildman–Crippen LogP) is 1.88. The Balaban J connectivity index is 2.53. The molecular weight excluding hydrogens is 207 g/mol. The fourth-order valence-corrected chi connectivity index (χ4v) is 2.47. The van der Waals surface area contributed by atoms with Crippen LogP contribution in [0.5, 0.6) is 0 Å². The number of rotatable bonds is 1. The zero-order chi connectivity index (χ0) is 12.1. The molecule has 0 aliphatic carbocycles. The van der Waals surface area contributed by atoms with Crippen molar-refractivity contribution in [2.75, 3.05) is 7.05 Å². The standard InChI is InChI=1S/C12H17FN2O/c1-7-8-5-12(2,3)6-15(8)10(13)9(7)11(16)14-4/h5-6H2,1-4H3,(H,14,16). The zero-order valence-corrected chi connectivity index (χ0v) is 10.1. The molecule has 1 aliphatic rings. The van der Waals surface area contributed by atoms with Crippen LogP contribution in [0.25, 0.3) is 0 Å². The van der Waals surface area contributed by atoms with E-state index in [9.17, 15) is 9.18 Å². The van der Waals surface area contributed by atoms with Crippen molar-refractivity contribution in [1.82, 2.24) is 9.88 Å². The van der Waals surface area contributed by atoms with Gasteiger partial charge in [0.25, 0.3) is 5.91 Å². The molecule has 0 saturated carbocycles. The van der Waals surface area contributed by atoms with Crippen molar-refractivity contribution >= 4 is 5.91 Å². The first-order valence-electron chi connectivity index (χ1n) is 5.47. The molecule has 0 radical (unpaired) electrons. The number of hydrogen-bond donors (Lipinski definition) is 1. The number of amides is 1. The van der Waals surface area contributed by atoms with Crippen molar-refractivity contribution in [3.8, 4) is 0 Å². The normalized spacial score (nSPS) is 17.3. The van der Waals surface area contributed by atoms with Crippen molar-refractivity contribution in [3.05, 3.63) is 22.8 Å². The van der Waals surface area contributed by atoms with Gasteiger partial charge in [0.2, 0.25) is 5.95 Å². The summed E-state index contributed by atoms with van der Waals surface area (Å²) < 4.78 is 15.7. The highest BCUT2D eigenvalue weighted by molar-refractivity contribution is 5.96. The first-order chi connectivity index (χ1) is 7.37. The highest BCUT2D eigenvalue weighted by Crippen LogP contribution is 2.37. The van der Waals surface area contributed by atoms with Crippen molar-refractivity contribution in [3.63, 3.8) is 0 Å². The molecule has 1 aromatic rings. The number of fused-ring (bicyclic) bond motifs is 1. The molecule has 16 heavy (non-hydrogen) atoms. The maximum Gasteiger partial charge on any atom is 0.255 e. The lowest BCUT2D eigenvalue weighted by Crippen LogP contribution is -2.21. The van der Waals surface area contributed by atoms with Gasteiger partial charge in [0.1, 0.15) is 0 Å². The number of nitrogens with one attached hydrogen (secondary N) is 1. The first kappa shape index (κ1) is 11.2. The van der Waals surface area contributed by atoms with Crippen LogP contribution in [0.15, 0.2) is 0 Å². The molecule has 1 N–H and O–H groups in total. The molecular formula is C12H17FN2O. The van der Waals surface area contributed by atoms with Crippen molar-refractivity contribution in [1.29, 1.82) is 0 Å². The van der Waals surface area contributed by atoms with Gasteiger partial charge in [0.05, 0.1) is 5.56 Å². The fraction of sp³-hybridized carbons (Fsp3) is 0.583. The second-order valence-corrected chi connectivity index (χ2v) is 5.24. The van der Waals surface area contributed by atoms with E-state index in [1.165, 1.54) is 7.05 Å². The molecule has 0 fully saturated rings. The van der Waals surface area contributed by atoms with Crippen LogP contribution >= 0.6 is 0 Å². The molecule has 1 aliphatic heterocycles. The Bertz CT molecular complexity index is 429. The second kappa shape index (κ2) is 3.34. The summed E-state index contributed by atoms with van der Waals surface area (Å²) in [6, 6.07) is 0. The molecule has 0 unspecified atom stereocenters. The number of carbonyl (C=O) groups excluding carboxylic acids is 1. The molecule has 88 valence electrons. The van der Waals surface area contributed by atoms with Crippen LogP contribution in [0.2, 0.25) is 0 Å². The van der Waals surface area contributed by atoms with Crippen LogP contribution in [-0.4, -0.2) is 17.5 Å². The summed E-state index contributed by atoms with van der Waals surface area (Å²) in [5, 5.41) is 2.48. The first-order valence-corrected chi connectivity index (χ1v) is 5.47. The van der Waals surface area contributed by atoms with Gasteiger partial charge in [0.15, 0.2) is 0 Å². The van der Waals surface area contributed by atoms with E-state index >= 15 is 0 Å². The van der Waals surface area contributed by atoms with Crippen LogP contribution in [0.3, 0.4) is 0 Å². The minimum atomic E-state index is -0.391. The average molecular weight is 224 g/mol. The molecule has 0 aromatic carbocycles. The third-order valence-electron chi connectivity index (χ3n) is 3.26. The van der Waals surface area contributed by atoms with Gasteiger partial charge in [-0.2, -0.15) is 4.39 Å². The molecule has 1 aromatic heterocycles. The van der Waals surface area contributed by atoms with Crippen LogP contribution in [0.1, 0.15) is 35.5 Å². The molecule has 4 heteroatoms. The van der Waals surface area contributed by atoms with Crippen LogP contribution in [0.4, 0.5) is 4.39 Å². The maximum atomic E-state index is 14.1. The highest BCUT2D eigenvalue weighted by Gasteiger charge is 2.35. The number of hydrogen-bond acceptors (Lipinski definition) is 1. The van der Waals surface area contributed by atoms with Gasteiger partial charge in [-0.05, 0) is 24.3 Å². The van der Waals surface area contributed by atoms with E-state index in [1.54, 1.807) is 4.57 Å². The summed E-state index contributed by atoms with van der Waals surface area (Å²) >= 11 is 0. The predicted molar refractivity (Wildman–Crippen MR) is 60.0 cm³/mol. The molecule has 0 atom stereocenters. The van der Waals surface area contributed by atoms with Gasteiger partial charge < -0.3 is 9.88 Å². The van der Waals surface area contributed by atoms with Crippen LogP contribution < -0.4 is 5.32 Å². The molecule has 0 bridgehead atoms. The third-order valence-corrected chi connectivity index (χ3v) is 3.26. The summed E-state index contributed by atoms with van der Waals surface area (Å²) in [7, 11) is 1.52. The Morgan fingerprint density at radius 2 is 2.12 bits per heavy atom. The number of aromatic nitrogens is 1. The Morgan fingerprint density at radius 3 is 2.62 bits per heavy atom. The molecule has 2 heterocycles. The summed E-state index contributed by atoms with van der Waals surface area (Å²) in [5.74, 6) is -0.730. The van der Waals surface area contributed by atoms with Crippen molar-refractivity contribution in [2.24, 2.45) is 5.41 Å². The van der Waals surface area contributed by atoms with Crippen molar-refractivity contribution in [2.45, 2.75) is 33.7 Å². The lowest BCUT2D eigenvalue weighted by Gasteiger charge is -2.16. The number of nitrogens with zero attached hydrogens (tertiary/aromatic N) is 1. The maximum absolute atomic E-state index is 14.1. The summed E-state index contributed by atoms with van der Waals surface area (Å²) in [5.41, 5.74) is 2.03. The van der Waals surface area contributed by atoms with E-state index in [1.807, 2.05) is 6.92 Å². The smallest absolute Gasteiger partial charge is 0.255 e. The monoisotopic (exact) mass is 224 g/mol. The Hall–Kier alpha value is -1.32. The van der Waals surface area contributed by atoms with Crippen LogP contribution in [-0.2, 0) is 13.0 Å². The van der Waals surface area contributed by atoms with Gasteiger partial charge >= 0.3 is 0 Å². The fourth-order valence-electron chi connectivity index (χ4n) is 2.47. The Labute approximate surface area is 94.6 Å². The summed E-state index contributed by atoms with van der Waals surface area (Å²) in [6.45, 7) is 6.68. The van der Waals surface area contributed by atoms with Gasteiger partial charge in [0, 0.05) is 19.3 Å². The molecule has 3 nitrogen and oxygen atoms in total. The quantitative estimate of drug-likeness (QED) is 0.776. The molecule has 0 spiro atoms. The molecule has 1 amide bonds. The molecule has 2 rings (SSSR count). The van der Waals surface area contributed by atoms with E-state index < -0.39 is 5.95 Å². The SMILES string of the molecule is CNC(=O)c1c(C)c2n(c1F)CC(C)(C)C2. The lowest BCUT2D eigenvalue weighted by atomic mass is 9.90. The average Bonchev–Trinajstić information content (AvgIpc) is 2.62. The Kier molecular flexibility index (Phi) is 2.33. The van der Waals surface area contributed by atoms with E-state index in [4.69, 9.17) is 0 Å². The minimum Gasteiger partial charge on any atom is -0.355 e.